The molecule has 0 radical (unpaired) electrons. The number of carboxylic acid groups (broad SMARTS) is 1. The summed E-state index contributed by atoms with van der Waals surface area (Å²) < 4.78 is 1.18. The van der Waals surface area contributed by atoms with E-state index in [1.54, 1.807) is 12.1 Å². The first-order valence-electron chi connectivity index (χ1n) is 5.88. The molecule has 0 heterocycles. The van der Waals surface area contributed by atoms with Crippen molar-refractivity contribution in [2.75, 3.05) is 18.1 Å². The van der Waals surface area contributed by atoms with Gasteiger partial charge in [-0.05, 0) is 37.3 Å². The summed E-state index contributed by atoms with van der Waals surface area (Å²) in [4.78, 5) is 11.2. The molecule has 0 saturated heterocycles. The second-order valence-corrected chi connectivity index (χ2v) is 6.78. The van der Waals surface area contributed by atoms with E-state index in [0.717, 1.165) is 11.0 Å². The van der Waals surface area contributed by atoms with E-state index in [2.05, 4.69) is 27.5 Å². The van der Waals surface area contributed by atoms with E-state index in [1.807, 2.05) is 17.8 Å². The minimum Gasteiger partial charge on any atom is -0.478 e. The molecule has 1 fully saturated rings. The lowest BCUT2D eigenvalue weighted by molar-refractivity contribution is 0.0698. The number of benzene rings is 1. The average molecular weight is 330 g/mol. The fourth-order valence-electron chi connectivity index (χ4n) is 2.13. The van der Waals surface area contributed by atoms with Gasteiger partial charge in [0.15, 0.2) is 0 Å². The molecule has 18 heavy (non-hydrogen) atoms. The van der Waals surface area contributed by atoms with Gasteiger partial charge in [-0.1, -0.05) is 22.4 Å². The quantitative estimate of drug-likeness (QED) is 0.861. The molecular weight excluding hydrogens is 314 g/mol. The molecule has 2 N–H and O–H groups in total. The first-order valence-corrected chi connectivity index (χ1v) is 7.90. The highest BCUT2D eigenvalue weighted by atomic mass is 79.9. The summed E-state index contributed by atoms with van der Waals surface area (Å²) in [5.41, 5.74) is 1.02. The Morgan fingerprint density at radius 3 is 2.78 bits per heavy atom. The summed E-state index contributed by atoms with van der Waals surface area (Å²) in [7, 11) is 0. The maximum Gasteiger partial charge on any atom is 0.337 e. The molecule has 1 aliphatic rings. The molecule has 5 heteroatoms. The minimum absolute atomic E-state index is 0.290. The molecule has 98 valence electrons. The number of carboxylic acids is 1. The smallest absolute Gasteiger partial charge is 0.337 e. The van der Waals surface area contributed by atoms with Gasteiger partial charge in [0.1, 0.15) is 0 Å². The fraction of sp³-hybridized carbons (Fsp3) is 0.462. The number of nitrogens with one attached hydrogen (secondary N) is 1. The van der Waals surface area contributed by atoms with Gasteiger partial charge in [0.05, 0.1) is 5.56 Å². The maximum atomic E-state index is 11.2. The Kier molecular flexibility index (Phi) is 4.22. The lowest BCUT2D eigenvalue weighted by atomic mass is 9.84. The van der Waals surface area contributed by atoms with Gasteiger partial charge >= 0.3 is 5.97 Å². The van der Waals surface area contributed by atoms with Gasteiger partial charge in [-0.25, -0.2) is 4.79 Å². The molecule has 1 aromatic carbocycles. The van der Waals surface area contributed by atoms with Gasteiger partial charge in [-0.15, -0.1) is 0 Å². The molecule has 0 amide bonds. The van der Waals surface area contributed by atoms with E-state index in [1.165, 1.54) is 19.3 Å². The van der Waals surface area contributed by atoms with Gasteiger partial charge in [0.25, 0.3) is 0 Å². The van der Waals surface area contributed by atoms with Crippen LogP contribution in [0.4, 0.5) is 5.69 Å². The van der Waals surface area contributed by atoms with Crippen LogP contribution in [0.5, 0.6) is 0 Å². The molecule has 3 nitrogen and oxygen atoms in total. The number of aromatic carboxylic acids is 1. The van der Waals surface area contributed by atoms with Crippen molar-refractivity contribution in [3.8, 4) is 0 Å². The highest BCUT2D eigenvalue weighted by Gasteiger charge is 2.36. The summed E-state index contributed by atoms with van der Waals surface area (Å²) >= 11 is 5.25. The Balaban J connectivity index is 2.12. The number of halogens is 1. The first kappa shape index (κ1) is 13.7. The van der Waals surface area contributed by atoms with Crippen molar-refractivity contribution < 1.29 is 9.90 Å². The van der Waals surface area contributed by atoms with Gasteiger partial charge < -0.3 is 10.4 Å². The van der Waals surface area contributed by atoms with Crippen molar-refractivity contribution in [3.05, 3.63) is 28.2 Å². The van der Waals surface area contributed by atoms with Crippen LogP contribution in [0, 0.1) is 0 Å². The van der Waals surface area contributed by atoms with Crippen molar-refractivity contribution in [1.29, 1.82) is 0 Å². The van der Waals surface area contributed by atoms with Crippen LogP contribution in [0.15, 0.2) is 22.7 Å². The molecule has 0 aromatic heterocycles. The van der Waals surface area contributed by atoms with Crippen LogP contribution in [0.2, 0.25) is 0 Å². The van der Waals surface area contributed by atoms with E-state index in [9.17, 15) is 4.79 Å². The molecule has 0 bridgehead atoms. The molecule has 1 aliphatic carbocycles. The predicted octanol–water partition coefficient (Wildman–Crippen LogP) is 3.84. The summed E-state index contributed by atoms with van der Waals surface area (Å²) in [6, 6.07) is 5.21. The largest absolute Gasteiger partial charge is 0.478 e. The number of thioether (sulfide) groups is 1. The number of rotatable bonds is 5. The Morgan fingerprint density at radius 1 is 1.56 bits per heavy atom. The van der Waals surface area contributed by atoms with Gasteiger partial charge in [0.2, 0.25) is 0 Å². The predicted molar refractivity (Wildman–Crippen MR) is 79.7 cm³/mol. The third-order valence-electron chi connectivity index (χ3n) is 3.51. The van der Waals surface area contributed by atoms with Crippen LogP contribution < -0.4 is 5.32 Å². The van der Waals surface area contributed by atoms with Crippen LogP contribution in [0.25, 0.3) is 0 Å². The lowest BCUT2D eigenvalue weighted by Gasteiger charge is -2.40. The molecule has 1 aromatic rings. The second kappa shape index (κ2) is 5.53. The first-order chi connectivity index (χ1) is 8.56. The van der Waals surface area contributed by atoms with Crippen LogP contribution in [-0.2, 0) is 0 Å². The summed E-state index contributed by atoms with van der Waals surface area (Å²) in [6.07, 6.45) is 5.81. The average Bonchev–Trinajstić information content (AvgIpc) is 2.28. The van der Waals surface area contributed by atoms with Crippen molar-refractivity contribution in [3.63, 3.8) is 0 Å². The molecule has 1 saturated carbocycles. The highest BCUT2D eigenvalue weighted by Crippen LogP contribution is 2.42. The zero-order valence-corrected chi connectivity index (χ0v) is 12.6. The molecular formula is C13H16BrNO2S. The number of hydrogen-bond donors (Lipinski definition) is 2. The summed E-state index contributed by atoms with van der Waals surface area (Å²) in [6.45, 7) is 0.824. The normalized spacial score (nSPS) is 17.0. The van der Waals surface area contributed by atoms with Gasteiger partial charge in [-0.2, -0.15) is 11.8 Å². The fourth-order valence-corrected chi connectivity index (χ4v) is 3.40. The molecule has 0 atom stereocenters. The monoisotopic (exact) mass is 329 g/mol. The van der Waals surface area contributed by atoms with Crippen LogP contribution >= 0.6 is 27.7 Å². The van der Waals surface area contributed by atoms with E-state index in [4.69, 9.17) is 5.11 Å². The molecule has 0 unspecified atom stereocenters. The van der Waals surface area contributed by atoms with Crippen LogP contribution in [0.1, 0.15) is 29.6 Å². The van der Waals surface area contributed by atoms with Gasteiger partial charge in [-0.3, -0.25) is 0 Å². The molecule has 2 rings (SSSR count). The Bertz CT molecular complexity index is 455. The molecule has 0 spiro atoms. The summed E-state index contributed by atoms with van der Waals surface area (Å²) in [5.74, 6) is -0.892. The number of anilines is 1. The zero-order valence-electron chi connectivity index (χ0n) is 10.2. The third kappa shape index (κ3) is 2.83. The Hall–Kier alpha value is -0.680. The van der Waals surface area contributed by atoms with Gasteiger partial charge in [0, 0.05) is 21.5 Å². The highest BCUT2D eigenvalue weighted by molar-refractivity contribution is 9.10. The van der Waals surface area contributed by atoms with E-state index >= 15 is 0 Å². The van der Waals surface area contributed by atoms with Crippen molar-refractivity contribution in [2.45, 2.75) is 24.0 Å². The Morgan fingerprint density at radius 2 is 2.28 bits per heavy atom. The number of carbonyl (C=O) groups is 1. The molecule has 0 aliphatic heterocycles. The van der Waals surface area contributed by atoms with E-state index < -0.39 is 5.97 Å². The van der Waals surface area contributed by atoms with Crippen molar-refractivity contribution in [2.24, 2.45) is 0 Å². The minimum atomic E-state index is -0.892. The lowest BCUT2D eigenvalue weighted by Crippen LogP contribution is -2.40. The third-order valence-corrected chi connectivity index (χ3v) is 5.42. The topological polar surface area (TPSA) is 49.3 Å². The van der Waals surface area contributed by atoms with E-state index in [0.29, 0.717) is 11.3 Å². The standard InChI is InChI=1S/C13H16BrNO2S/c1-18-13(5-2-6-13)8-15-11-7-9(14)3-4-10(11)12(16)17/h3-4,7,15H,2,5-6,8H2,1H3,(H,16,17). The SMILES string of the molecule is CSC1(CNc2cc(Br)ccc2C(=O)O)CCC1. The van der Waals surface area contributed by atoms with Crippen molar-refractivity contribution >= 4 is 39.3 Å². The van der Waals surface area contributed by atoms with Crippen LogP contribution in [-0.4, -0.2) is 28.6 Å². The van der Waals surface area contributed by atoms with E-state index in [-0.39, 0.29) is 4.75 Å². The van der Waals surface area contributed by atoms with Crippen molar-refractivity contribution in [1.82, 2.24) is 0 Å². The zero-order chi connectivity index (χ0) is 13.2. The summed E-state index contributed by atoms with van der Waals surface area (Å²) in [5, 5.41) is 12.5. The second-order valence-electron chi connectivity index (χ2n) is 4.59. The van der Waals surface area contributed by atoms with Crippen LogP contribution in [0.3, 0.4) is 0 Å². The Labute approximate surface area is 119 Å². The number of hydrogen-bond acceptors (Lipinski definition) is 3. The maximum absolute atomic E-state index is 11.2.